The molecule has 5 heteroatoms. The molecule has 0 heterocycles. The molecule has 2 N–H and O–H groups in total. The fourth-order valence-electron chi connectivity index (χ4n) is 2.06. The maximum atomic E-state index is 12.3. The van der Waals surface area contributed by atoms with Crippen LogP contribution in [0.15, 0.2) is 36.4 Å². The average Bonchev–Trinajstić information content (AvgIpc) is 2.52. The van der Waals surface area contributed by atoms with E-state index in [1.54, 1.807) is 24.3 Å². The number of nitrogens with one attached hydrogen (secondary N) is 1. The molecule has 0 radical (unpaired) electrons. The molecular weight excluding hydrogens is 306 g/mol. The third kappa shape index (κ3) is 7.31. The summed E-state index contributed by atoms with van der Waals surface area (Å²) < 4.78 is 5.26. The smallest absolute Gasteiger partial charge is 0.329 e. The van der Waals surface area contributed by atoms with Crippen molar-refractivity contribution in [2.24, 2.45) is 5.92 Å². The van der Waals surface area contributed by atoms with Crippen LogP contribution in [-0.4, -0.2) is 29.6 Å². The number of phenols is 1. The van der Waals surface area contributed by atoms with Crippen molar-refractivity contribution in [2.45, 2.75) is 46.1 Å². The molecule has 132 valence electrons. The van der Waals surface area contributed by atoms with Crippen LogP contribution in [0.4, 0.5) is 0 Å². The molecule has 1 rings (SSSR count). The second kappa shape index (κ2) is 9.75. The monoisotopic (exact) mass is 333 g/mol. The lowest BCUT2D eigenvalue weighted by atomic mass is 10.0. The first-order valence-electron chi connectivity index (χ1n) is 8.22. The number of carbonyl (C=O) groups is 2. The molecule has 0 fully saturated rings. The van der Waals surface area contributed by atoms with E-state index in [4.69, 9.17) is 4.74 Å². The van der Waals surface area contributed by atoms with E-state index in [1.165, 1.54) is 0 Å². The molecule has 0 bridgehead atoms. The van der Waals surface area contributed by atoms with Gasteiger partial charge >= 0.3 is 5.97 Å². The Kier molecular flexibility index (Phi) is 8.02. The van der Waals surface area contributed by atoms with Crippen LogP contribution in [0.1, 0.15) is 39.2 Å². The minimum absolute atomic E-state index is 0.154. The zero-order chi connectivity index (χ0) is 18.1. The number of rotatable bonds is 9. The van der Waals surface area contributed by atoms with Gasteiger partial charge < -0.3 is 15.2 Å². The SMILES string of the molecule is C=C(CC)COC(=O)C(Cc1ccc(O)cc1)NC(=O)CC(C)C. The number of hydrogen-bond acceptors (Lipinski definition) is 4. The van der Waals surface area contributed by atoms with Gasteiger partial charge in [0.25, 0.3) is 0 Å². The number of carbonyl (C=O) groups excluding carboxylic acids is 2. The Labute approximate surface area is 143 Å². The fraction of sp³-hybridized carbons (Fsp3) is 0.474. The summed E-state index contributed by atoms with van der Waals surface area (Å²) in [5, 5.41) is 12.1. The van der Waals surface area contributed by atoms with E-state index < -0.39 is 12.0 Å². The van der Waals surface area contributed by atoms with Crippen LogP contribution in [0.3, 0.4) is 0 Å². The number of esters is 1. The summed E-state index contributed by atoms with van der Waals surface area (Å²) in [6, 6.07) is 5.77. The van der Waals surface area contributed by atoms with E-state index in [1.807, 2.05) is 20.8 Å². The van der Waals surface area contributed by atoms with Gasteiger partial charge in [0, 0.05) is 12.8 Å². The van der Waals surface area contributed by atoms with Crippen molar-refractivity contribution in [3.05, 3.63) is 42.0 Å². The first-order valence-corrected chi connectivity index (χ1v) is 8.22. The Morgan fingerprint density at radius 1 is 1.25 bits per heavy atom. The number of phenolic OH excluding ortho intramolecular Hbond substituents is 1. The Morgan fingerprint density at radius 3 is 2.42 bits per heavy atom. The zero-order valence-corrected chi connectivity index (χ0v) is 14.7. The third-order valence-corrected chi connectivity index (χ3v) is 3.51. The summed E-state index contributed by atoms with van der Waals surface area (Å²) in [6.07, 6.45) is 1.39. The molecule has 0 saturated heterocycles. The molecule has 24 heavy (non-hydrogen) atoms. The highest BCUT2D eigenvalue weighted by Gasteiger charge is 2.23. The zero-order valence-electron chi connectivity index (χ0n) is 14.7. The minimum atomic E-state index is -0.759. The Morgan fingerprint density at radius 2 is 1.88 bits per heavy atom. The Bertz CT molecular complexity index is 563. The first-order chi connectivity index (χ1) is 11.3. The van der Waals surface area contributed by atoms with Crippen LogP contribution in [0.25, 0.3) is 0 Å². The molecule has 0 aliphatic rings. The van der Waals surface area contributed by atoms with E-state index in [0.29, 0.717) is 12.8 Å². The van der Waals surface area contributed by atoms with Crippen LogP contribution in [0, 0.1) is 5.92 Å². The molecule has 1 unspecified atom stereocenters. The molecule has 0 aromatic heterocycles. The molecule has 0 aliphatic heterocycles. The lowest BCUT2D eigenvalue weighted by Crippen LogP contribution is -2.43. The van der Waals surface area contributed by atoms with Gasteiger partial charge in [0.1, 0.15) is 18.4 Å². The van der Waals surface area contributed by atoms with Gasteiger partial charge in [0.2, 0.25) is 5.91 Å². The van der Waals surface area contributed by atoms with Gasteiger partial charge in [-0.3, -0.25) is 4.79 Å². The summed E-state index contributed by atoms with van der Waals surface area (Å²) in [5.74, 6) is -0.300. The summed E-state index contributed by atoms with van der Waals surface area (Å²) >= 11 is 0. The predicted molar refractivity (Wildman–Crippen MR) is 93.6 cm³/mol. The third-order valence-electron chi connectivity index (χ3n) is 3.51. The topological polar surface area (TPSA) is 75.6 Å². The summed E-state index contributed by atoms with van der Waals surface area (Å²) in [7, 11) is 0. The molecule has 0 spiro atoms. The molecule has 0 aliphatic carbocycles. The molecule has 1 atom stereocenters. The van der Waals surface area contributed by atoms with E-state index in [2.05, 4.69) is 11.9 Å². The van der Waals surface area contributed by atoms with Crippen LogP contribution >= 0.6 is 0 Å². The fourth-order valence-corrected chi connectivity index (χ4v) is 2.06. The highest BCUT2D eigenvalue weighted by Crippen LogP contribution is 2.12. The van der Waals surface area contributed by atoms with E-state index in [-0.39, 0.29) is 24.2 Å². The van der Waals surface area contributed by atoms with Crippen molar-refractivity contribution < 1.29 is 19.4 Å². The van der Waals surface area contributed by atoms with Crippen molar-refractivity contribution in [1.82, 2.24) is 5.32 Å². The number of amides is 1. The van der Waals surface area contributed by atoms with Crippen molar-refractivity contribution in [2.75, 3.05) is 6.61 Å². The number of aromatic hydroxyl groups is 1. The van der Waals surface area contributed by atoms with Crippen LogP contribution in [-0.2, 0) is 20.7 Å². The summed E-state index contributed by atoms with van der Waals surface area (Å²) in [6.45, 7) is 9.78. The predicted octanol–water partition coefficient (Wildman–Crippen LogP) is 2.98. The average molecular weight is 333 g/mol. The molecule has 5 nitrogen and oxygen atoms in total. The minimum Gasteiger partial charge on any atom is -0.508 e. The quantitative estimate of drug-likeness (QED) is 0.538. The van der Waals surface area contributed by atoms with E-state index in [0.717, 1.165) is 17.6 Å². The van der Waals surface area contributed by atoms with Crippen molar-refractivity contribution in [1.29, 1.82) is 0 Å². The van der Waals surface area contributed by atoms with Crippen LogP contribution in [0.5, 0.6) is 5.75 Å². The number of hydrogen-bond donors (Lipinski definition) is 2. The highest BCUT2D eigenvalue weighted by atomic mass is 16.5. The van der Waals surface area contributed by atoms with Crippen molar-refractivity contribution in [3.8, 4) is 5.75 Å². The van der Waals surface area contributed by atoms with Gasteiger partial charge in [-0.15, -0.1) is 0 Å². The Balaban J connectivity index is 2.77. The second-order valence-corrected chi connectivity index (χ2v) is 6.30. The van der Waals surface area contributed by atoms with Gasteiger partial charge in [0.05, 0.1) is 0 Å². The summed E-state index contributed by atoms with van der Waals surface area (Å²) in [4.78, 5) is 24.4. The van der Waals surface area contributed by atoms with Gasteiger partial charge in [-0.1, -0.05) is 39.5 Å². The van der Waals surface area contributed by atoms with Gasteiger partial charge in [0.15, 0.2) is 0 Å². The largest absolute Gasteiger partial charge is 0.508 e. The van der Waals surface area contributed by atoms with Gasteiger partial charge in [-0.05, 0) is 35.6 Å². The normalized spacial score (nSPS) is 11.8. The standard InChI is InChI=1S/C19H27NO4/c1-5-14(4)12-24-19(23)17(20-18(22)10-13(2)3)11-15-6-8-16(21)9-7-15/h6-9,13,17,21H,4-5,10-12H2,1-3H3,(H,20,22). The van der Waals surface area contributed by atoms with Crippen LogP contribution in [0.2, 0.25) is 0 Å². The Hall–Kier alpha value is -2.30. The lowest BCUT2D eigenvalue weighted by molar-refractivity contribution is -0.147. The van der Waals surface area contributed by atoms with Gasteiger partial charge in [-0.25, -0.2) is 4.79 Å². The van der Waals surface area contributed by atoms with Gasteiger partial charge in [-0.2, -0.15) is 0 Å². The number of benzene rings is 1. The molecule has 1 aromatic rings. The van der Waals surface area contributed by atoms with Crippen molar-refractivity contribution in [3.63, 3.8) is 0 Å². The lowest BCUT2D eigenvalue weighted by Gasteiger charge is -2.19. The van der Waals surface area contributed by atoms with E-state index >= 15 is 0 Å². The molecular formula is C19H27NO4. The molecule has 1 aromatic carbocycles. The number of ether oxygens (including phenoxy) is 1. The second-order valence-electron chi connectivity index (χ2n) is 6.30. The van der Waals surface area contributed by atoms with E-state index in [9.17, 15) is 14.7 Å². The highest BCUT2D eigenvalue weighted by molar-refractivity contribution is 5.84. The first kappa shape index (κ1) is 19.7. The molecule has 1 amide bonds. The van der Waals surface area contributed by atoms with Crippen LogP contribution < -0.4 is 5.32 Å². The summed E-state index contributed by atoms with van der Waals surface area (Å²) in [5.41, 5.74) is 1.65. The maximum Gasteiger partial charge on any atom is 0.329 e. The van der Waals surface area contributed by atoms with Crippen molar-refractivity contribution >= 4 is 11.9 Å². The maximum absolute atomic E-state index is 12.3. The molecule has 0 saturated carbocycles.